The number of carbonyl (C=O) groups is 1. The minimum absolute atomic E-state index is 0.0818. The first-order valence-electron chi connectivity index (χ1n) is 11.7. The molecule has 2 heterocycles. The monoisotopic (exact) mass is 455 g/mol. The maximum atomic E-state index is 13.4. The number of hydrogen-bond donors (Lipinski definition) is 1. The number of carbonyl (C=O) groups excluding carboxylic acids is 1. The first-order valence-corrected chi connectivity index (χ1v) is 11.7. The van der Waals surface area contributed by atoms with Crippen molar-refractivity contribution in [1.29, 1.82) is 0 Å². The van der Waals surface area contributed by atoms with E-state index in [2.05, 4.69) is 37.4 Å². The van der Waals surface area contributed by atoms with Gasteiger partial charge in [0.05, 0.1) is 29.9 Å². The quantitative estimate of drug-likeness (QED) is 0.453. The van der Waals surface area contributed by atoms with Crippen LogP contribution in [0.1, 0.15) is 72.7 Å². The van der Waals surface area contributed by atoms with Gasteiger partial charge in [-0.15, -0.1) is 0 Å². The van der Waals surface area contributed by atoms with Crippen molar-refractivity contribution in [3.63, 3.8) is 0 Å². The van der Waals surface area contributed by atoms with Crippen LogP contribution in [0.25, 0.3) is 11.5 Å². The number of nitrogens with one attached hydrogen (secondary N) is 1. The number of nitrogens with zero attached hydrogens (tertiary/aromatic N) is 4. The van der Waals surface area contributed by atoms with Gasteiger partial charge in [0.25, 0.3) is 11.8 Å². The predicted molar refractivity (Wildman–Crippen MR) is 129 cm³/mol. The highest BCUT2D eigenvalue weighted by Crippen LogP contribution is 2.31. The zero-order valence-electron chi connectivity index (χ0n) is 19.8. The summed E-state index contributed by atoms with van der Waals surface area (Å²) < 4.78 is 7.58. The van der Waals surface area contributed by atoms with Gasteiger partial charge in [0, 0.05) is 16.7 Å². The van der Waals surface area contributed by atoms with Crippen molar-refractivity contribution >= 4 is 5.91 Å². The minimum Gasteiger partial charge on any atom is -0.345 e. The second kappa shape index (κ2) is 8.89. The molecule has 0 radical (unpaired) electrons. The Balaban J connectivity index is 1.38. The van der Waals surface area contributed by atoms with Gasteiger partial charge in [-0.3, -0.25) is 9.48 Å². The topological polar surface area (TPSA) is 85.8 Å². The molecule has 0 bridgehead atoms. The van der Waals surface area contributed by atoms with Crippen molar-refractivity contribution in [2.75, 3.05) is 0 Å². The van der Waals surface area contributed by atoms with Crippen molar-refractivity contribution < 1.29 is 9.32 Å². The zero-order chi connectivity index (χ0) is 23.7. The van der Waals surface area contributed by atoms with E-state index in [1.165, 1.54) is 11.3 Å². The number of benzene rings is 2. The summed E-state index contributed by atoms with van der Waals surface area (Å²) in [6.45, 7) is 6.81. The Kier molecular flexibility index (Phi) is 5.77. The summed E-state index contributed by atoms with van der Waals surface area (Å²) in [6, 6.07) is 17.6. The van der Waals surface area contributed by atoms with Crippen LogP contribution in [-0.4, -0.2) is 25.8 Å². The zero-order valence-corrected chi connectivity index (χ0v) is 19.8. The van der Waals surface area contributed by atoms with Crippen LogP contribution in [0.3, 0.4) is 0 Å². The van der Waals surface area contributed by atoms with Crippen molar-refractivity contribution in [3.8, 4) is 11.5 Å². The summed E-state index contributed by atoms with van der Waals surface area (Å²) in [5.41, 5.74) is 4.43. The molecule has 2 aromatic carbocycles. The Hall–Kier alpha value is -3.74. The van der Waals surface area contributed by atoms with Gasteiger partial charge >= 0.3 is 0 Å². The maximum Gasteiger partial charge on any atom is 0.258 e. The molecule has 0 spiro atoms. The van der Waals surface area contributed by atoms with Crippen molar-refractivity contribution in [3.05, 3.63) is 89.0 Å². The second-order valence-electron chi connectivity index (χ2n) is 9.83. The Morgan fingerprint density at radius 1 is 1.12 bits per heavy atom. The lowest BCUT2D eigenvalue weighted by Gasteiger charge is -2.24. The van der Waals surface area contributed by atoms with Crippen LogP contribution in [0.2, 0.25) is 0 Å². The lowest BCUT2D eigenvalue weighted by molar-refractivity contribution is 0.0933. The molecule has 0 fully saturated rings. The number of amides is 1. The smallest absolute Gasteiger partial charge is 0.258 e. The summed E-state index contributed by atoms with van der Waals surface area (Å²) >= 11 is 0. The Bertz CT molecular complexity index is 1300. The Labute approximate surface area is 199 Å². The third kappa shape index (κ3) is 4.38. The van der Waals surface area contributed by atoms with Gasteiger partial charge in [0.15, 0.2) is 5.82 Å². The van der Waals surface area contributed by atoms with Gasteiger partial charge in [-0.25, -0.2) is 0 Å². The highest BCUT2D eigenvalue weighted by molar-refractivity contribution is 6.00. The third-order valence-electron chi connectivity index (χ3n) is 6.24. The molecule has 2 aromatic heterocycles. The molecule has 7 nitrogen and oxygen atoms in total. The molecule has 0 unspecified atom stereocenters. The van der Waals surface area contributed by atoms with Crippen LogP contribution >= 0.6 is 0 Å². The van der Waals surface area contributed by atoms with Crippen LogP contribution in [0, 0.1) is 0 Å². The van der Waals surface area contributed by atoms with E-state index in [-0.39, 0.29) is 17.4 Å². The van der Waals surface area contributed by atoms with Gasteiger partial charge in [-0.2, -0.15) is 10.1 Å². The number of rotatable bonds is 5. The number of aromatic nitrogens is 4. The van der Waals surface area contributed by atoms with Gasteiger partial charge in [-0.05, 0) is 37.0 Å². The molecule has 1 aliphatic carbocycles. The summed E-state index contributed by atoms with van der Waals surface area (Å²) in [6.07, 6.45) is 4.75. The van der Waals surface area contributed by atoms with E-state index < -0.39 is 0 Å². The van der Waals surface area contributed by atoms with Gasteiger partial charge in [0.2, 0.25) is 0 Å². The molecule has 174 valence electrons. The van der Waals surface area contributed by atoms with Crippen LogP contribution < -0.4 is 5.32 Å². The molecule has 1 N–H and O–H groups in total. The van der Waals surface area contributed by atoms with E-state index in [1.807, 2.05) is 63.4 Å². The lowest BCUT2D eigenvalue weighted by atomic mass is 9.92. The van der Waals surface area contributed by atoms with E-state index in [1.54, 1.807) is 6.07 Å². The van der Waals surface area contributed by atoms with E-state index in [0.29, 0.717) is 22.8 Å². The van der Waals surface area contributed by atoms with E-state index >= 15 is 0 Å². The largest absolute Gasteiger partial charge is 0.345 e. The van der Waals surface area contributed by atoms with Gasteiger partial charge < -0.3 is 9.84 Å². The summed E-state index contributed by atoms with van der Waals surface area (Å²) in [5.74, 6) is 0.816. The normalized spacial score (nSPS) is 15.7. The molecule has 1 amide bonds. The molecule has 1 aliphatic rings. The van der Waals surface area contributed by atoms with Gasteiger partial charge in [-0.1, -0.05) is 68.4 Å². The molecular weight excluding hydrogens is 426 g/mol. The number of fused-ring (bicyclic) bond motifs is 1. The third-order valence-corrected chi connectivity index (χ3v) is 6.24. The summed E-state index contributed by atoms with van der Waals surface area (Å²) in [7, 11) is 0. The summed E-state index contributed by atoms with van der Waals surface area (Å²) in [5, 5.41) is 12.0. The molecule has 7 heteroatoms. The fraction of sp³-hybridized carbons (Fsp3) is 0.333. The molecule has 0 saturated carbocycles. The minimum atomic E-state index is -0.239. The Morgan fingerprint density at radius 2 is 1.88 bits per heavy atom. The standard InChI is InChI=1S/C27H29N5O2/c1-27(2,3)26-30-25(34-31-26)20-13-8-7-12-19(20)24(33)29-22-14-9-15-23-21(22)16-28-32(23)17-18-10-5-4-6-11-18/h4-8,10-13,16,22H,9,14-15,17H2,1-3H3,(H,29,33)/t22-/m0/s1. The molecule has 4 aromatic rings. The predicted octanol–water partition coefficient (Wildman–Crippen LogP) is 5.09. The van der Waals surface area contributed by atoms with Gasteiger partial charge in [0.1, 0.15) is 0 Å². The molecule has 34 heavy (non-hydrogen) atoms. The van der Waals surface area contributed by atoms with Crippen LogP contribution in [-0.2, 0) is 18.4 Å². The first kappa shape index (κ1) is 22.1. The fourth-order valence-electron chi connectivity index (χ4n) is 4.40. The SMILES string of the molecule is CC(C)(C)c1noc(-c2ccccc2C(=O)N[C@H]2CCCc3c2cnn3Cc2ccccc2)n1. The van der Waals surface area contributed by atoms with Crippen molar-refractivity contribution in [2.45, 2.75) is 58.0 Å². The molecule has 0 saturated heterocycles. The van der Waals surface area contributed by atoms with Crippen molar-refractivity contribution in [1.82, 2.24) is 25.2 Å². The fourth-order valence-corrected chi connectivity index (χ4v) is 4.40. The summed E-state index contributed by atoms with van der Waals surface area (Å²) in [4.78, 5) is 17.9. The maximum absolute atomic E-state index is 13.4. The average molecular weight is 456 g/mol. The molecule has 1 atom stereocenters. The highest BCUT2D eigenvalue weighted by Gasteiger charge is 2.28. The van der Waals surface area contributed by atoms with Crippen LogP contribution in [0.15, 0.2) is 65.3 Å². The van der Waals surface area contributed by atoms with Crippen LogP contribution in [0.5, 0.6) is 0 Å². The second-order valence-corrected chi connectivity index (χ2v) is 9.83. The highest BCUT2D eigenvalue weighted by atomic mass is 16.5. The lowest BCUT2D eigenvalue weighted by Crippen LogP contribution is -2.31. The average Bonchev–Trinajstić information content (AvgIpc) is 3.48. The van der Waals surface area contributed by atoms with E-state index in [4.69, 9.17) is 4.52 Å². The molecular formula is C27H29N5O2. The van der Waals surface area contributed by atoms with Crippen molar-refractivity contribution in [2.24, 2.45) is 0 Å². The van der Waals surface area contributed by atoms with E-state index in [9.17, 15) is 4.79 Å². The molecule has 5 rings (SSSR count). The van der Waals surface area contributed by atoms with E-state index in [0.717, 1.165) is 31.4 Å². The number of hydrogen-bond acceptors (Lipinski definition) is 5. The Morgan fingerprint density at radius 3 is 2.65 bits per heavy atom. The first-order chi connectivity index (χ1) is 16.4. The molecule has 0 aliphatic heterocycles. The van der Waals surface area contributed by atoms with Crippen LogP contribution in [0.4, 0.5) is 0 Å².